The van der Waals surface area contributed by atoms with Crippen LogP contribution in [0.15, 0.2) is 71.6 Å². The Hall–Kier alpha value is -3.31. The Morgan fingerprint density at radius 1 is 0.743 bits per heavy atom. The molecule has 5 heteroatoms. The van der Waals surface area contributed by atoms with Gasteiger partial charge >= 0.3 is 0 Å². The molecule has 1 N–H and O–H groups in total. The largest absolute Gasteiger partial charge is 0.325 e. The van der Waals surface area contributed by atoms with Gasteiger partial charge in [0.25, 0.3) is 5.69 Å². The first kappa shape index (κ1) is 23.4. The van der Waals surface area contributed by atoms with Crippen LogP contribution in [0.5, 0.6) is 0 Å². The molecule has 0 amide bonds. The molecule has 0 heterocycles. The number of hydrogen-bond donors (Lipinski definition) is 1. The third kappa shape index (κ3) is 4.19. The number of nitrogens with zero attached hydrogens (tertiary/aromatic N) is 1. The molecule has 0 saturated heterocycles. The molecule has 35 heavy (non-hydrogen) atoms. The first-order valence-corrected chi connectivity index (χ1v) is 12.7. The maximum atomic E-state index is 11.0. The molecule has 0 aromatic heterocycles. The molecule has 0 saturated carbocycles. The van der Waals surface area contributed by atoms with E-state index in [1.54, 1.807) is 24.3 Å². The lowest BCUT2D eigenvalue weighted by atomic mass is 9.80. The highest BCUT2D eigenvalue weighted by molar-refractivity contribution is 8.00. The van der Waals surface area contributed by atoms with Crippen molar-refractivity contribution in [1.29, 1.82) is 0 Å². The summed E-state index contributed by atoms with van der Waals surface area (Å²) in [6, 6.07) is 22.6. The molecule has 178 valence electrons. The summed E-state index contributed by atoms with van der Waals surface area (Å²) in [7, 11) is 0. The van der Waals surface area contributed by atoms with Gasteiger partial charge in [-0.25, -0.2) is 0 Å². The van der Waals surface area contributed by atoms with E-state index >= 15 is 0 Å². The van der Waals surface area contributed by atoms with Gasteiger partial charge in [0, 0.05) is 22.4 Å². The SMILES string of the molecule is CC(C)(C)c1cc2ccc3cc(C(C)(C)C)c(NSc4ccc([N+](=O)[O-])cc4)c4ccc(c1)c2c34. The predicted octanol–water partition coefficient (Wildman–Crippen LogP) is 9.21. The minimum Gasteiger partial charge on any atom is -0.325 e. The Morgan fingerprint density at radius 3 is 1.86 bits per heavy atom. The number of anilines is 1. The summed E-state index contributed by atoms with van der Waals surface area (Å²) in [6.07, 6.45) is 0. The van der Waals surface area contributed by atoms with Gasteiger partial charge in [0.05, 0.1) is 10.6 Å². The van der Waals surface area contributed by atoms with Gasteiger partial charge in [0.2, 0.25) is 0 Å². The second-order valence-electron chi connectivity index (χ2n) is 11.3. The fraction of sp³-hybridized carbons (Fsp3) is 0.267. The van der Waals surface area contributed by atoms with Crippen LogP contribution in [0.25, 0.3) is 32.3 Å². The monoisotopic (exact) mass is 482 g/mol. The van der Waals surface area contributed by atoms with E-state index < -0.39 is 0 Å². The molecule has 0 aliphatic heterocycles. The smallest absolute Gasteiger partial charge is 0.269 e. The normalized spacial score (nSPS) is 12.6. The van der Waals surface area contributed by atoms with E-state index in [2.05, 4.69) is 88.7 Å². The summed E-state index contributed by atoms with van der Waals surface area (Å²) >= 11 is 1.49. The van der Waals surface area contributed by atoms with Gasteiger partial charge in [-0.2, -0.15) is 0 Å². The van der Waals surface area contributed by atoms with E-state index in [0.29, 0.717) is 0 Å². The van der Waals surface area contributed by atoms with Gasteiger partial charge in [-0.3, -0.25) is 10.1 Å². The average molecular weight is 483 g/mol. The summed E-state index contributed by atoms with van der Waals surface area (Å²) < 4.78 is 3.62. The second-order valence-corrected chi connectivity index (χ2v) is 12.2. The number of rotatable bonds is 4. The molecule has 5 rings (SSSR count). The van der Waals surface area contributed by atoms with Crippen molar-refractivity contribution in [3.8, 4) is 0 Å². The molecule has 0 aliphatic carbocycles. The first-order valence-electron chi connectivity index (χ1n) is 11.9. The standard InChI is InChI=1S/C30H30N2O2S/c1-29(2,3)21-15-18-7-8-20-17-25(30(4,5)6)28(24-14-9-19(16-21)26(18)27(20)24)31-35-23-12-10-22(11-13-23)32(33)34/h7-17,31H,1-6H3. The maximum absolute atomic E-state index is 11.0. The Bertz CT molecular complexity index is 1560. The third-order valence-electron chi connectivity index (χ3n) is 6.71. The van der Waals surface area contributed by atoms with Crippen LogP contribution in [0.4, 0.5) is 11.4 Å². The number of hydrogen-bond acceptors (Lipinski definition) is 4. The van der Waals surface area contributed by atoms with Gasteiger partial charge < -0.3 is 4.72 Å². The van der Waals surface area contributed by atoms with Crippen LogP contribution in [0.2, 0.25) is 0 Å². The van der Waals surface area contributed by atoms with E-state index in [-0.39, 0.29) is 21.4 Å². The van der Waals surface area contributed by atoms with Crippen molar-refractivity contribution in [3.63, 3.8) is 0 Å². The van der Waals surface area contributed by atoms with Gasteiger partial charge in [-0.05, 0) is 79.0 Å². The molecule has 0 spiro atoms. The van der Waals surface area contributed by atoms with Gasteiger partial charge in [0.1, 0.15) is 0 Å². The molecular formula is C30H30N2O2S. The maximum Gasteiger partial charge on any atom is 0.269 e. The van der Waals surface area contributed by atoms with Crippen molar-refractivity contribution < 1.29 is 4.92 Å². The second kappa shape index (κ2) is 8.13. The zero-order chi connectivity index (χ0) is 25.1. The van der Waals surface area contributed by atoms with E-state index in [9.17, 15) is 10.1 Å². The molecule has 0 bridgehead atoms. The van der Waals surface area contributed by atoms with Gasteiger partial charge in [0.15, 0.2) is 0 Å². The molecule has 0 fully saturated rings. The molecular weight excluding hydrogens is 452 g/mol. The fourth-order valence-corrected chi connectivity index (χ4v) is 5.49. The highest BCUT2D eigenvalue weighted by Gasteiger charge is 2.24. The molecule has 0 unspecified atom stereocenters. The Morgan fingerprint density at radius 2 is 1.31 bits per heavy atom. The highest BCUT2D eigenvalue weighted by Crippen LogP contribution is 2.45. The zero-order valence-corrected chi connectivity index (χ0v) is 21.8. The number of benzene rings is 5. The van der Waals surface area contributed by atoms with E-state index in [1.807, 2.05) is 0 Å². The summed E-state index contributed by atoms with van der Waals surface area (Å²) in [5, 5.41) is 18.6. The molecule has 4 nitrogen and oxygen atoms in total. The fourth-order valence-electron chi connectivity index (χ4n) is 4.77. The lowest BCUT2D eigenvalue weighted by Gasteiger charge is -2.27. The molecule has 0 radical (unpaired) electrons. The number of non-ortho nitro benzene ring substituents is 1. The summed E-state index contributed by atoms with van der Waals surface area (Å²) in [5.41, 5.74) is 3.80. The first-order chi connectivity index (χ1) is 16.4. The minimum atomic E-state index is -0.369. The van der Waals surface area contributed by atoms with Crippen LogP contribution in [-0.2, 0) is 10.8 Å². The quantitative estimate of drug-likeness (QED) is 0.120. The van der Waals surface area contributed by atoms with E-state index in [1.165, 1.54) is 55.4 Å². The summed E-state index contributed by atoms with van der Waals surface area (Å²) in [5.74, 6) is 0. The number of nitrogens with one attached hydrogen (secondary N) is 1. The van der Waals surface area contributed by atoms with Crippen molar-refractivity contribution in [1.82, 2.24) is 0 Å². The molecule has 0 aliphatic rings. The van der Waals surface area contributed by atoms with Crippen LogP contribution in [0.3, 0.4) is 0 Å². The zero-order valence-electron chi connectivity index (χ0n) is 21.0. The van der Waals surface area contributed by atoms with Crippen LogP contribution >= 0.6 is 11.9 Å². The summed E-state index contributed by atoms with van der Waals surface area (Å²) in [4.78, 5) is 11.6. The van der Waals surface area contributed by atoms with Crippen LogP contribution in [-0.4, -0.2) is 4.92 Å². The lowest BCUT2D eigenvalue weighted by molar-refractivity contribution is -0.384. The van der Waals surface area contributed by atoms with Crippen molar-refractivity contribution in [2.75, 3.05) is 4.72 Å². The molecule has 0 atom stereocenters. The minimum absolute atomic E-state index is 0.0672. The predicted molar refractivity (Wildman–Crippen MR) is 150 cm³/mol. The number of nitro benzene ring substituents is 1. The third-order valence-corrected chi connectivity index (χ3v) is 7.52. The van der Waals surface area contributed by atoms with Gasteiger partial charge in [-0.1, -0.05) is 77.9 Å². The summed E-state index contributed by atoms with van der Waals surface area (Å²) in [6.45, 7) is 13.5. The van der Waals surface area contributed by atoms with E-state index in [4.69, 9.17) is 0 Å². The Balaban J connectivity index is 1.70. The Labute approximate surface area is 210 Å². The van der Waals surface area contributed by atoms with Crippen LogP contribution in [0.1, 0.15) is 52.7 Å². The van der Waals surface area contributed by atoms with Crippen molar-refractivity contribution >= 4 is 55.6 Å². The van der Waals surface area contributed by atoms with Gasteiger partial charge in [-0.15, -0.1) is 0 Å². The van der Waals surface area contributed by atoms with Crippen LogP contribution < -0.4 is 4.72 Å². The highest BCUT2D eigenvalue weighted by atomic mass is 32.2. The lowest BCUT2D eigenvalue weighted by Crippen LogP contribution is -2.14. The van der Waals surface area contributed by atoms with Crippen molar-refractivity contribution in [2.24, 2.45) is 0 Å². The van der Waals surface area contributed by atoms with E-state index in [0.717, 1.165) is 10.6 Å². The van der Waals surface area contributed by atoms with Crippen molar-refractivity contribution in [2.45, 2.75) is 57.3 Å². The van der Waals surface area contributed by atoms with Crippen LogP contribution in [0, 0.1) is 10.1 Å². The molecule has 5 aromatic carbocycles. The van der Waals surface area contributed by atoms with Crippen molar-refractivity contribution in [3.05, 3.63) is 88.0 Å². The topological polar surface area (TPSA) is 55.2 Å². The molecule has 5 aromatic rings. The number of nitro groups is 1. The average Bonchev–Trinajstić information content (AvgIpc) is 2.79. The Kier molecular flexibility index (Phi) is 5.44.